The lowest BCUT2D eigenvalue weighted by molar-refractivity contribution is -0.153. The number of rotatable bonds is 3. The smallest absolute Gasteiger partial charge is 0.326 e. The number of carbonyl (C=O) groups is 2. The number of β-amino-alcohol motifs (C(OH)–C–C–N with tert-alkyl or cyclic N) is 1. The van der Waals surface area contributed by atoms with E-state index in [1.807, 2.05) is 13.8 Å². The van der Waals surface area contributed by atoms with Crippen LogP contribution >= 0.6 is 0 Å². The fourth-order valence-corrected chi connectivity index (χ4v) is 2.98. The average molecular weight is 285 g/mol. The Balaban J connectivity index is 2.14. The maximum absolute atomic E-state index is 12.7. The molecular formula is C13H23N3O4. The number of piperazine rings is 1. The quantitative estimate of drug-likeness (QED) is 0.598. The maximum Gasteiger partial charge on any atom is 0.326 e. The van der Waals surface area contributed by atoms with E-state index in [0.29, 0.717) is 0 Å². The van der Waals surface area contributed by atoms with E-state index in [1.165, 1.54) is 4.90 Å². The van der Waals surface area contributed by atoms with Gasteiger partial charge in [-0.2, -0.15) is 0 Å². The molecule has 2 heterocycles. The summed E-state index contributed by atoms with van der Waals surface area (Å²) in [4.78, 5) is 27.3. The van der Waals surface area contributed by atoms with Crippen LogP contribution in [0.5, 0.6) is 0 Å². The van der Waals surface area contributed by atoms with Crippen LogP contribution in [0.2, 0.25) is 0 Å². The van der Waals surface area contributed by atoms with Gasteiger partial charge in [0.25, 0.3) is 0 Å². The Labute approximate surface area is 118 Å². The van der Waals surface area contributed by atoms with E-state index >= 15 is 0 Å². The average Bonchev–Trinajstić information content (AvgIpc) is 2.81. The van der Waals surface area contributed by atoms with Crippen molar-refractivity contribution < 1.29 is 19.8 Å². The molecule has 2 saturated heterocycles. The predicted molar refractivity (Wildman–Crippen MR) is 72.3 cm³/mol. The van der Waals surface area contributed by atoms with Crippen LogP contribution in [0.15, 0.2) is 0 Å². The normalized spacial score (nSPS) is 28.6. The van der Waals surface area contributed by atoms with Crippen molar-refractivity contribution in [3.05, 3.63) is 0 Å². The van der Waals surface area contributed by atoms with Crippen LogP contribution in [0.1, 0.15) is 20.3 Å². The molecule has 0 bridgehead atoms. The van der Waals surface area contributed by atoms with Crippen LogP contribution in [0.3, 0.4) is 0 Å². The molecule has 114 valence electrons. The van der Waals surface area contributed by atoms with Crippen LogP contribution in [0.25, 0.3) is 0 Å². The molecule has 0 aromatic rings. The Bertz CT molecular complexity index is 393. The van der Waals surface area contributed by atoms with Crippen LogP contribution in [-0.4, -0.2) is 82.3 Å². The number of nitrogens with zero attached hydrogens (tertiary/aromatic N) is 2. The summed E-state index contributed by atoms with van der Waals surface area (Å²) in [6, 6.07) is -0.917. The van der Waals surface area contributed by atoms with Crippen molar-refractivity contribution >= 4 is 11.9 Å². The minimum atomic E-state index is -1.05. The summed E-state index contributed by atoms with van der Waals surface area (Å²) in [5.74, 6) is -1.27. The molecule has 3 N–H and O–H groups in total. The number of hydrogen-bond acceptors (Lipinski definition) is 5. The van der Waals surface area contributed by atoms with Crippen LogP contribution in [0, 0.1) is 0 Å². The number of aliphatic hydroxyl groups is 1. The lowest BCUT2D eigenvalue weighted by Crippen LogP contribution is -2.61. The van der Waals surface area contributed by atoms with E-state index in [1.54, 1.807) is 0 Å². The van der Waals surface area contributed by atoms with Gasteiger partial charge in [-0.25, -0.2) is 4.79 Å². The Hall–Kier alpha value is -1.18. The Morgan fingerprint density at radius 3 is 2.40 bits per heavy atom. The molecule has 2 rings (SSSR count). The Morgan fingerprint density at radius 1 is 1.25 bits per heavy atom. The minimum absolute atomic E-state index is 0.103. The first kappa shape index (κ1) is 15.2. The van der Waals surface area contributed by atoms with Crippen LogP contribution in [-0.2, 0) is 9.59 Å². The monoisotopic (exact) mass is 285 g/mol. The first-order chi connectivity index (χ1) is 9.34. The van der Waals surface area contributed by atoms with E-state index in [4.69, 9.17) is 0 Å². The van der Waals surface area contributed by atoms with Gasteiger partial charge in [-0.05, 0) is 13.8 Å². The summed E-state index contributed by atoms with van der Waals surface area (Å²) in [7, 11) is 0. The van der Waals surface area contributed by atoms with Gasteiger partial charge < -0.3 is 20.4 Å². The Kier molecular flexibility index (Phi) is 4.31. The number of aliphatic carboxylic acids is 1. The number of carboxylic acids is 1. The van der Waals surface area contributed by atoms with Gasteiger partial charge in [0.2, 0.25) is 5.91 Å². The maximum atomic E-state index is 12.7. The number of likely N-dealkylation sites (tertiary alicyclic amines) is 1. The lowest BCUT2D eigenvalue weighted by atomic mass is 9.99. The van der Waals surface area contributed by atoms with Crippen molar-refractivity contribution in [2.24, 2.45) is 0 Å². The van der Waals surface area contributed by atoms with E-state index < -0.39 is 23.7 Å². The molecule has 2 aliphatic rings. The molecule has 0 aromatic carbocycles. The second kappa shape index (κ2) is 5.67. The highest BCUT2D eigenvalue weighted by molar-refractivity contribution is 5.90. The molecule has 0 saturated carbocycles. The standard InChI is InChI=1S/C13H23N3O4/c1-13(2,15-5-3-14-4-6-15)12(20)16-8-9(17)7-10(16)11(18)19/h9-10,14,17H,3-8H2,1-2H3,(H,18,19). The highest BCUT2D eigenvalue weighted by Gasteiger charge is 2.46. The summed E-state index contributed by atoms with van der Waals surface area (Å²) < 4.78 is 0. The second-order valence-corrected chi connectivity index (χ2v) is 6.00. The SMILES string of the molecule is CC(C)(C(=O)N1CC(O)CC1C(=O)O)N1CCNCC1. The van der Waals surface area contributed by atoms with Gasteiger partial charge >= 0.3 is 5.97 Å². The zero-order chi connectivity index (χ0) is 14.9. The largest absolute Gasteiger partial charge is 0.480 e. The molecule has 7 heteroatoms. The van der Waals surface area contributed by atoms with Gasteiger partial charge in [0.1, 0.15) is 6.04 Å². The molecule has 2 aliphatic heterocycles. The topological polar surface area (TPSA) is 93.1 Å². The number of aliphatic hydroxyl groups excluding tert-OH is 1. The molecule has 7 nitrogen and oxygen atoms in total. The third kappa shape index (κ3) is 2.79. The lowest BCUT2D eigenvalue weighted by Gasteiger charge is -2.42. The zero-order valence-electron chi connectivity index (χ0n) is 12.0. The highest BCUT2D eigenvalue weighted by Crippen LogP contribution is 2.25. The van der Waals surface area contributed by atoms with Gasteiger partial charge in [-0.1, -0.05) is 0 Å². The number of nitrogens with one attached hydrogen (secondary N) is 1. The van der Waals surface area contributed by atoms with Crippen molar-refractivity contribution in [2.45, 2.75) is 38.0 Å². The molecule has 2 unspecified atom stereocenters. The molecule has 0 aliphatic carbocycles. The van der Waals surface area contributed by atoms with E-state index in [9.17, 15) is 19.8 Å². The van der Waals surface area contributed by atoms with Crippen molar-refractivity contribution in [3.63, 3.8) is 0 Å². The summed E-state index contributed by atoms with van der Waals surface area (Å²) in [5, 5.41) is 22.1. The minimum Gasteiger partial charge on any atom is -0.480 e. The molecule has 0 aromatic heterocycles. The van der Waals surface area contributed by atoms with Crippen LogP contribution < -0.4 is 5.32 Å². The fourth-order valence-electron chi connectivity index (χ4n) is 2.98. The number of amides is 1. The molecule has 0 spiro atoms. The van der Waals surface area contributed by atoms with Crippen molar-refractivity contribution in [1.29, 1.82) is 0 Å². The van der Waals surface area contributed by atoms with E-state index in [0.717, 1.165) is 26.2 Å². The third-order valence-electron chi connectivity index (χ3n) is 4.26. The highest BCUT2D eigenvalue weighted by atomic mass is 16.4. The van der Waals surface area contributed by atoms with Gasteiger partial charge in [0, 0.05) is 39.1 Å². The van der Waals surface area contributed by atoms with Gasteiger partial charge in [0.05, 0.1) is 11.6 Å². The number of carboxylic acid groups (broad SMARTS) is 1. The molecule has 1 amide bonds. The second-order valence-electron chi connectivity index (χ2n) is 6.00. The first-order valence-corrected chi connectivity index (χ1v) is 7.01. The third-order valence-corrected chi connectivity index (χ3v) is 4.26. The van der Waals surface area contributed by atoms with Crippen molar-refractivity contribution in [3.8, 4) is 0 Å². The predicted octanol–water partition coefficient (Wildman–Crippen LogP) is -1.28. The molecule has 2 atom stereocenters. The van der Waals surface area contributed by atoms with E-state index in [-0.39, 0.29) is 18.9 Å². The van der Waals surface area contributed by atoms with E-state index in [2.05, 4.69) is 10.2 Å². The fraction of sp³-hybridized carbons (Fsp3) is 0.846. The Morgan fingerprint density at radius 2 is 1.85 bits per heavy atom. The molecule has 2 fully saturated rings. The van der Waals surface area contributed by atoms with Gasteiger partial charge in [-0.15, -0.1) is 0 Å². The summed E-state index contributed by atoms with van der Waals surface area (Å²) in [5.41, 5.74) is -0.750. The molecule has 0 radical (unpaired) electrons. The van der Waals surface area contributed by atoms with Crippen LogP contribution in [0.4, 0.5) is 0 Å². The first-order valence-electron chi connectivity index (χ1n) is 7.01. The number of carbonyl (C=O) groups excluding carboxylic acids is 1. The van der Waals surface area contributed by atoms with Gasteiger partial charge in [-0.3, -0.25) is 9.69 Å². The molecule has 20 heavy (non-hydrogen) atoms. The summed E-state index contributed by atoms with van der Waals surface area (Å²) in [6.07, 6.45) is -0.641. The van der Waals surface area contributed by atoms with Crippen molar-refractivity contribution in [2.75, 3.05) is 32.7 Å². The van der Waals surface area contributed by atoms with Gasteiger partial charge in [0.15, 0.2) is 0 Å². The summed E-state index contributed by atoms with van der Waals surface area (Å²) in [6.45, 7) is 6.91. The zero-order valence-corrected chi connectivity index (χ0v) is 12.0. The summed E-state index contributed by atoms with van der Waals surface area (Å²) >= 11 is 0. The molecular weight excluding hydrogens is 262 g/mol. The number of hydrogen-bond donors (Lipinski definition) is 3. The van der Waals surface area contributed by atoms with Crippen molar-refractivity contribution in [1.82, 2.24) is 15.1 Å².